The molecule has 2 fully saturated rings. The number of amides is 1. The average Bonchev–Trinajstić information content (AvgIpc) is 3.46. The molecule has 156 valence electrons. The van der Waals surface area contributed by atoms with E-state index in [4.69, 9.17) is 0 Å². The maximum atomic E-state index is 12.9. The van der Waals surface area contributed by atoms with Crippen molar-refractivity contribution in [1.82, 2.24) is 10.3 Å². The van der Waals surface area contributed by atoms with Crippen LogP contribution in [0.2, 0.25) is 0 Å². The van der Waals surface area contributed by atoms with E-state index in [0.717, 1.165) is 23.1 Å². The van der Waals surface area contributed by atoms with Crippen molar-refractivity contribution in [3.8, 4) is 0 Å². The topological polar surface area (TPSA) is 54.0 Å². The van der Waals surface area contributed by atoms with Crippen LogP contribution in [0.25, 0.3) is 0 Å². The number of anilines is 1. The second-order valence-electron chi connectivity index (χ2n) is 9.27. The number of hydrogen-bond acceptors (Lipinski definition) is 3. The van der Waals surface area contributed by atoms with Crippen molar-refractivity contribution in [1.29, 1.82) is 0 Å². The van der Waals surface area contributed by atoms with Gasteiger partial charge in [-0.25, -0.2) is 0 Å². The summed E-state index contributed by atoms with van der Waals surface area (Å²) < 4.78 is 0. The Bertz CT molecular complexity index is 1100. The third-order valence-electron chi connectivity index (χ3n) is 7.66. The standard InChI is InChI=1S/C27H27N3O/c31-27(29-16-21-8-4-5-13-28-21)20-11-12-23-22(15-20)24-18-9-10-19(14-18)25(24)26(30-23)17-6-2-1-3-7-17/h1-8,11-13,15,18-19,24-26,30H,9-10,14,16H2,(H,29,31)/t18-,19+,24+,25-,26+/m0/s1. The number of benzene rings is 2. The second-order valence-corrected chi connectivity index (χ2v) is 9.27. The number of carbonyl (C=O) groups is 1. The number of pyridine rings is 1. The van der Waals surface area contributed by atoms with Gasteiger partial charge in [-0.2, -0.15) is 0 Å². The van der Waals surface area contributed by atoms with E-state index in [1.165, 1.54) is 36.1 Å². The Morgan fingerprint density at radius 3 is 2.68 bits per heavy atom. The van der Waals surface area contributed by atoms with Crippen LogP contribution in [-0.2, 0) is 6.54 Å². The van der Waals surface area contributed by atoms with Gasteiger partial charge in [0.25, 0.3) is 5.91 Å². The Balaban J connectivity index is 1.30. The average molecular weight is 410 g/mol. The van der Waals surface area contributed by atoms with Crippen LogP contribution in [-0.4, -0.2) is 10.9 Å². The first kappa shape index (κ1) is 18.6. The predicted octanol–water partition coefficient (Wildman–Crippen LogP) is 5.31. The third-order valence-corrected chi connectivity index (χ3v) is 7.66. The summed E-state index contributed by atoms with van der Waals surface area (Å²) in [5.41, 5.74) is 5.54. The summed E-state index contributed by atoms with van der Waals surface area (Å²) in [5.74, 6) is 2.65. The summed E-state index contributed by atoms with van der Waals surface area (Å²) in [6.07, 6.45) is 5.75. The van der Waals surface area contributed by atoms with E-state index in [1.54, 1.807) is 6.20 Å². The normalized spacial score (nSPS) is 27.8. The maximum absolute atomic E-state index is 12.9. The molecular formula is C27H27N3O. The van der Waals surface area contributed by atoms with E-state index in [-0.39, 0.29) is 5.91 Å². The Kier molecular flexibility index (Phi) is 4.52. The second kappa shape index (κ2) is 7.52. The number of nitrogens with zero attached hydrogens (tertiary/aromatic N) is 1. The number of fused-ring (bicyclic) bond motifs is 7. The zero-order valence-corrected chi connectivity index (χ0v) is 17.5. The number of hydrogen-bond donors (Lipinski definition) is 2. The summed E-state index contributed by atoms with van der Waals surface area (Å²) >= 11 is 0. The zero-order valence-electron chi connectivity index (χ0n) is 17.5. The van der Waals surface area contributed by atoms with Crippen LogP contribution in [0.5, 0.6) is 0 Å². The van der Waals surface area contributed by atoms with Crippen molar-refractivity contribution in [2.45, 2.75) is 37.8 Å². The molecule has 2 bridgehead atoms. The molecule has 0 unspecified atom stereocenters. The van der Waals surface area contributed by atoms with E-state index in [9.17, 15) is 4.79 Å². The highest BCUT2D eigenvalue weighted by Crippen LogP contribution is 2.63. The summed E-state index contributed by atoms with van der Waals surface area (Å²) in [6.45, 7) is 0.446. The monoisotopic (exact) mass is 409 g/mol. The largest absolute Gasteiger partial charge is 0.378 e. The molecule has 1 amide bonds. The molecule has 5 atom stereocenters. The lowest BCUT2D eigenvalue weighted by atomic mass is 9.68. The maximum Gasteiger partial charge on any atom is 0.251 e. The Morgan fingerprint density at radius 2 is 1.84 bits per heavy atom. The van der Waals surface area contributed by atoms with Crippen molar-refractivity contribution in [3.63, 3.8) is 0 Å². The molecule has 2 aromatic carbocycles. The molecule has 2 heterocycles. The van der Waals surface area contributed by atoms with Crippen molar-refractivity contribution >= 4 is 11.6 Å². The minimum atomic E-state index is -0.0293. The minimum absolute atomic E-state index is 0.0293. The van der Waals surface area contributed by atoms with Crippen LogP contribution in [0.1, 0.15) is 58.4 Å². The van der Waals surface area contributed by atoms with Crippen LogP contribution < -0.4 is 10.6 Å². The predicted molar refractivity (Wildman–Crippen MR) is 122 cm³/mol. The molecule has 1 aromatic heterocycles. The molecule has 0 spiro atoms. The SMILES string of the molecule is O=C(NCc1ccccn1)c1ccc2c(c1)[C@H]1[C@H]3CC[C@H](C3)[C@@H]1[C@@H](c1ccccc1)N2. The van der Waals surface area contributed by atoms with Crippen LogP contribution in [0, 0.1) is 17.8 Å². The number of carbonyl (C=O) groups excluding carboxylic acids is 1. The van der Waals surface area contributed by atoms with Crippen molar-refractivity contribution in [2.75, 3.05) is 5.32 Å². The minimum Gasteiger partial charge on any atom is -0.378 e. The Hall–Kier alpha value is -3.14. The fraction of sp³-hybridized carbons (Fsp3) is 0.333. The molecular weight excluding hydrogens is 382 g/mol. The highest BCUT2D eigenvalue weighted by Gasteiger charge is 2.53. The van der Waals surface area contributed by atoms with E-state index < -0.39 is 0 Å². The summed E-state index contributed by atoms with van der Waals surface area (Å²) in [7, 11) is 0. The lowest BCUT2D eigenvalue weighted by molar-refractivity contribution is 0.0950. The molecule has 3 aliphatic rings. The smallest absolute Gasteiger partial charge is 0.251 e. The molecule has 0 saturated heterocycles. The first-order valence-corrected chi connectivity index (χ1v) is 11.4. The van der Waals surface area contributed by atoms with Gasteiger partial charge in [0, 0.05) is 17.4 Å². The van der Waals surface area contributed by atoms with Crippen LogP contribution >= 0.6 is 0 Å². The third kappa shape index (κ3) is 3.21. The first-order valence-electron chi connectivity index (χ1n) is 11.4. The molecule has 0 radical (unpaired) electrons. The van der Waals surface area contributed by atoms with Crippen LogP contribution in [0.4, 0.5) is 5.69 Å². The molecule has 2 N–H and O–H groups in total. The van der Waals surface area contributed by atoms with Gasteiger partial charge in [-0.15, -0.1) is 0 Å². The van der Waals surface area contributed by atoms with Gasteiger partial charge in [0.15, 0.2) is 0 Å². The lowest BCUT2D eigenvalue weighted by Gasteiger charge is -2.43. The molecule has 2 saturated carbocycles. The summed E-state index contributed by atoms with van der Waals surface area (Å²) in [5, 5.41) is 6.88. The number of rotatable bonds is 4. The van der Waals surface area contributed by atoms with E-state index in [2.05, 4.69) is 58.1 Å². The fourth-order valence-electron chi connectivity index (χ4n) is 6.39. The van der Waals surface area contributed by atoms with E-state index in [0.29, 0.717) is 24.4 Å². The van der Waals surface area contributed by atoms with Crippen molar-refractivity contribution in [3.05, 3.63) is 95.3 Å². The molecule has 4 nitrogen and oxygen atoms in total. The van der Waals surface area contributed by atoms with Gasteiger partial charge in [0.05, 0.1) is 18.3 Å². The van der Waals surface area contributed by atoms with Gasteiger partial charge in [-0.05, 0) is 84.4 Å². The van der Waals surface area contributed by atoms with Gasteiger partial charge in [0.1, 0.15) is 0 Å². The number of aromatic nitrogens is 1. The summed E-state index contributed by atoms with van der Waals surface area (Å²) in [4.78, 5) is 17.2. The lowest BCUT2D eigenvalue weighted by Crippen LogP contribution is -2.35. The Labute approximate surface area is 183 Å². The van der Waals surface area contributed by atoms with Crippen molar-refractivity contribution in [2.24, 2.45) is 17.8 Å². The molecule has 31 heavy (non-hydrogen) atoms. The molecule has 3 aromatic rings. The molecule has 2 aliphatic carbocycles. The highest BCUT2D eigenvalue weighted by molar-refractivity contribution is 5.95. The van der Waals surface area contributed by atoms with Crippen LogP contribution in [0.15, 0.2) is 72.9 Å². The quantitative estimate of drug-likeness (QED) is 0.614. The zero-order chi connectivity index (χ0) is 20.8. The van der Waals surface area contributed by atoms with Gasteiger partial charge >= 0.3 is 0 Å². The fourth-order valence-corrected chi connectivity index (χ4v) is 6.39. The van der Waals surface area contributed by atoms with Gasteiger partial charge in [-0.1, -0.05) is 36.4 Å². The van der Waals surface area contributed by atoms with Gasteiger partial charge < -0.3 is 10.6 Å². The number of nitrogens with one attached hydrogen (secondary N) is 2. The molecule has 6 rings (SSSR count). The van der Waals surface area contributed by atoms with Gasteiger partial charge in [-0.3, -0.25) is 9.78 Å². The van der Waals surface area contributed by atoms with E-state index in [1.807, 2.05) is 24.3 Å². The highest BCUT2D eigenvalue weighted by atomic mass is 16.1. The first-order chi connectivity index (χ1) is 15.3. The van der Waals surface area contributed by atoms with Gasteiger partial charge in [0.2, 0.25) is 0 Å². The molecule has 1 aliphatic heterocycles. The Morgan fingerprint density at radius 1 is 1.00 bits per heavy atom. The van der Waals surface area contributed by atoms with Crippen molar-refractivity contribution < 1.29 is 4.79 Å². The molecule has 4 heteroatoms. The van der Waals surface area contributed by atoms with Crippen LogP contribution in [0.3, 0.4) is 0 Å². The summed E-state index contributed by atoms with van der Waals surface area (Å²) in [6, 6.07) is 23.2. The van der Waals surface area contributed by atoms with E-state index >= 15 is 0 Å².